The Balaban J connectivity index is 1.59. The van der Waals surface area contributed by atoms with Crippen molar-refractivity contribution < 1.29 is 0 Å². The highest BCUT2D eigenvalue weighted by Gasteiger charge is 1.98. The Morgan fingerprint density at radius 3 is 2.61 bits per heavy atom. The summed E-state index contributed by atoms with van der Waals surface area (Å²) in [5.41, 5.74) is 7.31. The molecule has 0 bridgehead atoms. The van der Waals surface area contributed by atoms with Crippen LogP contribution in [0, 0.1) is 6.92 Å². The summed E-state index contributed by atoms with van der Waals surface area (Å²) in [7, 11) is 0. The van der Waals surface area contributed by atoms with E-state index >= 15 is 0 Å². The number of anilines is 1. The molecule has 1 N–H and O–H groups in total. The van der Waals surface area contributed by atoms with Crippen LogP contribution < -0.4 is 5.43 Å². The standard InChI is InChI=1S/C17H15ClN4S/c1-12-11-23-17(21-12)22-20-10-14-4-2-13(3-5-14)8-15-6-7-16(18)19-9-15/h2-7,9-11H,8H2,1H3,(H,21,22). The fourth-order valence-corrected chi connectivity index (χ4v) is 2.78. The van der Waals surface area contributed by atoms with Crippen LogP contribution in [0.2, 0.25) is 5.15 Å². The number of hydrogen-bond acceptors (Lipinski definition) is 5. The average Bonchev–Trinajstić information content (AvgIpc) is 2.97. The maximum Gasteiger partial charge on any atom is 0.203 e. The molecule has 0 amide bonds. The highest BCUT2D eigenvalue weighted by molar-refractivity contribution is 7.13. The summed E-state index contributed by atoms with van der Waals surface area (Å²) >= 11 is 7.33. The Morgan fingerprint density at radius 2 is 1.96 bits per heavy atom. The first-order chi connectivity index (χ1) is 11.2. The van der Waals surface area contributed by atoms with Crippen molar-refractivity contribution >= 4 is 34.3 Å². The van der Waals surface area contributed by atoms with Gasteiger partial charge in [-0.15, -0.1) is 11.3 Å². The SMILES string of the molecule is Cc1csc(NN=Cc2ccc(Cc3ccc(Cl)nc3)cc2)n1. The molecular weight excluding hydrogens is 328 g/mol. The van der Waals surface area contributed by atoms with E-state index in [9.17, 15) is 0 Å². The summed E-state index contributed by atoms with van der Waals surface area (Å²) in [6.07, 6.45) is 4.42. The molecule has 2 heterocycles. The highest BCUT2D eigenvalue weighted by Crippen LogP contribution is 2.14. The lowest BCUT2D eigenvalue weighted by Crippen LogP contribution is -1.92. The summed E-state index contributed by atoms with van der Waals surface area (Å²) in [6, 6.07) is 12.1. The molecule has 3 aromatic rings. The Bertz CT molecular complexity index is 794. The molecule has 0 atom stereocenters. The zero-order valence-corrected chi connectivity index (χ0v) is 14.1. The lowest BCUT2D eigenvalue weighted by molar-refractivity contribution is 1.14. The topological polar surface area (TPSA) is 50.2 Å². The van der Waals surface area contributed by atoms with E-state index in [2.05, 4.69) is 32.6 Å². The molecule has 0 aliphatic rings. The van der Waals surface area contributed by atoms with Gasteiger partial charge in [0.15, 0.2) is 0 Å². The highest BCUT2D eigenvalue weighted by atomic mass is 35.5. The molecule has 0 aliphatic carbocycles. The van der Waals surface area contributed by atoms with Gasteiger partial charge in [0.25, 0.3) is 0 Å². The van der Waals surface area contributed by atoms with Crippen molar-refractivity contribution in [3.05, 3.63) is 75.5 Å². The molecule has 116 valence electrons. The lowest BCUT2D eigenvalue weighted by atomic mass is 10.1. The summed E-state index contributed by atoms with van der Waals surface area (Å²) in [4.78, 5) is 8.38. The van der Waals surface area contributed by atoms with Gasteiger partial charge in [-0.1, -0.05) is 41.9 Å². The van der Waals surface area contributed by atoms with Crippen LogP contribution in [0.5, 0.6) is 0 Å². The van der Waals surface area contributed by atoms with Gasteiger partial charge in [0.2, 0.25) is 5.13 Å². The van der Waals surface area contributed by atoms with Crippen LogP contribution in [0.3, 0.4) is 0 Å². The van der Waals surface area contributed by atoms with Crippen molar-refractivity contribution in [2.45, 2.75) is 13.3 Å². The number of nitrogens with zero attached hydrogens (tertiary/aromatic N) is 3. The third-order valence-electron chi connectivity index (χ3n) is 3.17. The predicted molar refractivity (Wildman–Crippen MR) is 96.6 cm³/mol. The smallest absolute Gasteiger partial charge is 0.203 e. The summed E-state index contributed by atoms with van der Waals surface area (Å²) < 4.78 is 0. The monoisotopic (exact) mass is 342 g/mol. The van der Waals surface area contributed by atoms with Crippen LogP contribution in [-0.4, -0.2) is 16.2 Å². The first-order valence-corrected chi connectivity index (χ1v) is 8.35. The second-order valence-corrected chi connectivity index (χ2v) is 6.32. The molecule has 0 fully saturated rings. The van der Waals surface area contributed by atoms with Gasteiger partial charge in [0, 0.05) is 11.6 Å². The van der Waals surface area contributed by atoms with Crippen molar-refractivity contribution in [2.24, 2.45) is 5.10 Å². The van der Waals surface area contributed by atoms with Crippen molar-refractivity contribution in [3.8, 4) is 0 Å². The number of hydrazone groups is 1. The van der Waals surface area contributed by atoms with Gasteiger partial charge in [-0.3, -0.25) is 5.43 Å². The lowest BCUT2D eigenvalue weighted by Gasteiger charge is -2.02. The van der Waals surface area contributed by atoms with Crippen molar-refractivity contribution in [1.82, 2.24) is 9.97 Å². The van der Waals surface area contributed by atoms with Crippen LogP contribution in [0.25, 0.3) is 0 Å². The van der Waals surface area contributed by atoms with E-state index < -0.39 is 0 Å². The number of nitrogens with one attached hydrogen (secondary N) is 1. The molecule has 23 heavy (non-hydrogen) atoms. The molecule has 0 aliphatic heterocycles. The minimum atomic E-state index is 0.517. The fraction of sp³-hybridized carbons (Fsp3) is 0.118. The van der Waals surface area contributed by atoms with E-state index in [0.717, 1.165) is 28.4 Å². The maximum absolute atomic E-state index is 5.79. The quantitative estimate of drug-likeness (QED) is 0.421. The average molecular weight is 343 g/mol. The Morgan fingerprint density at radius 1 is 1.17 bits per heavy atom. The zero-order valence-electron chi connectivity index (χ0n) is 12.5. The van der Waals surface area contributed by atoms with Gasteiger partial charge < -0.3 is 0 Å². The van der Waals surface area contributed by atoms with Gasteiger partial charge in [-0.2, -0.15) is 5.10 Å². The zero-order chi connectivity index (χ0) is 16.1. The Labute approximate surface area is 143 Å². The first kappa shape index (κ1) is 15.6. The molecule has 0 spiro atoms. The van der Waals surface area contributed by atoms with Crippen LogP contribution in [0.15, 0.2) is 53.1 Å². The molecule has 0 saturated heterocycles. The molecule has 3 rings (SSSR count). The van der Waals surface area contributed by atoms with E-state index in [1.165, 1.54) is 16.9 Å². The van der Waals surface area contributed by atoms with Crippen LogP contribution in [0.4, 0.5) is 5.13 Å². The van der Waals surface area contributed by atoms with Crippen molar-refractivity contribution in [1.29, 1.82) is 0 Å². The van der Waals surface area contributed by atoms with Gasteiger partial charge in [-0.25, -0.2) is 9.97 Å². The number of aromatic nitrogens is 2. The number of benzene rings is 1. The third-order valence-corrected chi connectivity index (χ3v) is 4.26. The maximum atomic E-state index is 5.79. The molecule has 6 heteroatoms. The minimum Gasteiger partial charge on any atom is -0.253 e. The number of rotatable bonds is 5. The summed E-state index contributed by atoms with van der Waals surface area (Å²) in [6.45, 7) is 1.96. The minimum absolute atomic E-state index is 0.517. The predicted octanol–water partition coefficient (Wildman–Crippen LogP) is 4.54. The number of halogens is 1. The van der Waals surface area contributed by atoms with Crippen LogP contribution in [0.1, 0.15) is 22.4 Å². The molecule has 0 saturated carbocycles. The number of thiazole rings is 1. The molecule has 0 unspecified atom stereocenters. The molecule has 2 aromatic heterocycles. The van der Waals surface area contributed by atoms with Gasteiger partial charge >= 0.3 is 0 Å². The van der Waals surface area contributed by atoms with Crippen LogP contribution in [-0.2, 0) is 6.42 Å². The Hall–Kier alpha value is -2.24. The van der Waals surface area contributed by atoms with E-state index in [-0.39, 0.29) is 0 Å². The normalized spacial score (nSPS) is 11.0. The van der Waals surface area contributed by atoms with Gasteiger partial charge in [0.1, 0.15) is 5.15 Å². The summed E-state index contributed by atoms with van der Waals surface area (Å²) in [5, 5.41) is 7.49. The van der Waals surface area contributed by atoms with E-state index in [1.807, 2.05) is 36.6 Å². The van der Waals surface area contributed by atoms with E-state index in [4.69, 9.17) is 11.6 Å². The molecule has 1 aromatic carbocycles. The van der Waals surface area contributed by atoms with Crippen molar-refractivity contribution in [3.63, 3.8) is 0 Å². The number of hydrogen-bond donors (Lipinski definition) is 1. The first-order valence-electron chi connectivity index (χ1n) is 7.09. The molecule has 0 radical (unpaired) electrons. The van der Waals surface area contributed by atoms with Gasteiger partial charge in [0.05, 0.1) is 11.9 Å². The van der Waals surface area contributed by atoms with Crippen LogP contribution >= 0.6 is 22.9 Å². The Kier molecular flexibility index (Phi) is 5.00. The largest absolute Gasteiger partial charge is 0.253 e. The van der Waals surface area contributed by atoms with E-state index in [0.29, 0.717) is 5.15 Å². The van der Waals surface area contributed by atoms with Gasteiger partial charge in [-0.05, 0) is 36.1 Å². The second kappa shape index (κ2) is 7.35. The van der Waals surface area contributed by atoms with Crippen molar-refractivity contribution in [2.75, 3.05) is 5.43 Å². The fourth-order valence-electron chi connectivity index (χ4n) is 2.04. The van der Waals surface area contributed by atoms with E-state index in [1.54, 1.807) is 12.4 Å². The third kappa shape index (κ3) is 4.61. The summed E-state index contributed by atoms with van der Waals surface area (Å²) in [5.74, 6) is 0. The molecule has 4 nitrogen and oxygen atoms in total. The second-order valence-electron chi connectivity index (χ2n) is 5.07. The molecular formula is C17H15ClN4S. The number of pyridine rings is 1. The number of aryl methyl sites for hydroxylation is 1.